The molecule has 1 N–H and O–H groups in total. The van der Waals surface area contributed by atoms with Crippen LogP contribution < -0.4 is 5.32 Å². The molecule has 80 valence electrons. The topological polar surface area (TPSA) is 68.0 Å². The van der Waals surface area contributed by atoms with Crippen molar-refractivity contribution in [3.8, 4) is 0 Å². The molecule has 0 fully saturated rings. The summed E-state index contributed by atoms with van der Waals surface area (Å²) < 4.78 is 1.73. The van der Waals surface area contributed by atoms with Crippen LogP contribution in [-0.4, -0.2) is 38.1 Å². The van der Waals surface area contributed by atoms with E-state index in [1.54, 1.807) is 10.7 Å². The summed E-state index contributed by atoms with van der Waals surface area (Å²) in [5.41, 5.74) is 1.70. The van der Waals surface area contributed by atoms with Crippen LogP contribution in [0.1, 0.15) is 25.5 Å². The third kappa shape index (κ3) is 1.68. The van der Waals surface area contributed by atoms with Crippen LogP contribution in [0, 0.1) is 0 Å². The van der Waals surface area contributed by atoms with E-state index in [4.69, 9.17) is 0 Å². The molecule has 0 bridgehead atoms. The Morgan fingerprint density at radius 2 is 2.13 bits per heavy atom. The van der Waals surface area contributed by atoms with Gasteiger partial charge in [0.25, 0.3) is 0 Å². The average molecular weight is 206 g/mol. The second-order valence-electron chi connectivity index (χ2n) is 3.65. The molecule has 0 spiro atoms. The van der Waals surface area contributed by atoms with Gasteiger partial charge in [0.1, 0.15) is 0 Å². The van der Waals surface area contributed by atoms with Crippen LogP contribution in [-0.2, 0) is 0 Å². The standard InChI is InChI=1S/C9H14N6/c1-6(7(2)10-3)8-4-11-5-9-12-13-14-15(8)9/h4-7,10H,1-3H3. The van der Waals surface area contributed by atoms with E-state index in [1.165, 1.54) is 0 Å². The van der Waals surface area contributed by atoms with E-state index in [2.05, 4.69) is 39.7 Å². The van der Waals surface area contributed by atoms with Crippen molar-refractivity contribution in [1.29, 1.82) is 0 Å². The lowest BCUT2D eigenvalue weighted by atomic mass is 10.0. The van der Waals surface area contributed by atoms with Crippen molar-refractivity contribution in [2.45, 2.75) is 25.8 Å². The minimum absolute atomic E-state index is 0.301. The second-order valence-corrected chi connectivity index (χ2v) is 3.65. The van der Waals surface area contributed by atoms with Crippen molar-refractivity contribution in [1.82, 2.24) is 30.3 Å². The van der Waals surface area contributed by atoms with E-state index in [1.807, 2.05) is 13.2 Å². The number of tetrazole rings is 1. The van der Waals surface area contributed by atoms with Gasteiger partial charge in [-0.15, -0.1) is 5.10 Å². The monoisotopic (exact) mass is 206 g/mol. The zero-order valence-electron chi connectivity index (χ0n) is 9.05. The number of likely N-dealkylation sites (N-methyl/N-ethyl adjacent to an activating group) is 1. The molecule has 0 amide bonds. The molecule has 6 nitrogen and oxygen atoms in total. The first-order valence-electron chi connectivity index (χ1n) is 4.93. The molecule has 2 unspecified atom stereocenters. The molecular formula is C9H14N6. The second kappa shape index (κ2) is 3.90. The van der Waals surface area contributed by atoms with Gasteiger partial charge in [0.2, 0.25) is 0 Å². The quantitative estimate of drug-likeness (QED) is 0.778. The minimum atomic E-state index is 0.301. The Kier molecular flexibility index (Phi) is 2.59. The Morgan fingerprint density at radius 3 is 2.87 bits per heavy atom. The van der Waals surface area contributed by atoms with Gasteiger partial charge in [-0.1, -0.05) is 6.92 Å². The van der Waals surface area contributed by atoms with Gasteiger partial charge in [0.15, 0.2) is 5.65 Å². The van der Waals surface area contributed by atoms with E-state index in [9.17, 15) is 0 Å². The fraction of sp³-hybridized carbons (Fsp3) is 0.556. The lowest BCUT2D eigenvalue weighted by Gasteiger charge is -2.19. The molecule has 0 saturated heterocycles. The van der Waals surface area contributed by atoms with Gasteiger partial charge < -0.3 is 5.32 Å². The first-order chi connectivity index (χ1) is 7.24. The van der Waals surface area contributed by atoms with Gasteiger partial charge in [-0.3, -0.25) is 4.98 Å². The molecule has 2 aromatic rings. The Bertz CT molecular complexity index is 451. The number of rotatable bonds is 3. The minimum Gasteiger partial charge on any atom is -0.317 e. The average Bonchev–Trinajstić information content (AvgIpc) is 2.74. The van der Waals surface area contributed by atoms with E-state index in [0.717, 1.165) is 5.69 Å². The maximum absolute atomic E-state index is 4.13. The van der Waals surface area contributed by atoms with Crippen LogP contribution in [0.2, 0.25) is 0 Å². The van der Waals surface area contributed by atoms with Gasteiger partial charge in [0, 0.05) is 18.2 Å². The number of nitrogens with zero attached hydrogens (tertiary/aromatic N) is 5. The lowest BCUT2D eigenvalue weighted by Crippen LogP contribution is -2.28. The molecule has 0 aliphatic carbocycles. The Balaban J connectivity index is 2.46. The third-order valence-corrected chi connectivity index (χ3v) is 2.81. The summed E-state index contributed by atoms with van der Waals surface area (Å²) in [6.07, 6.45) is 3.46. The van der Waals surface area contributed by atoms with Crippen molar-refractivity contribution in [2.75, 3.05) is 7.05 Å². The normalized spacial score (nSPS) is 15.4. The highest BCUT2D eigenvalue weighted by atomic mass is 15.5. The van der Waals surface area contributed by atoms with Crippen LogP contribution >= 0.6 is 0 Å². The van der Waals surface area contributed by atoms with Crippen molar-refractivity contribution >= 4 is 5.65 Å². The Morgan fingerprint density at radius 1 is 1.33 bits per heavy atom. The van der Waals surface area contributed by atoms with Crippen LogP contribution in [0.5, 0.6) is 0 Å². The molecule has 0 aromatic carbocycles. The zero-order chi connectivity index (χ0) is 10.8. The number of hydrogen-bond acceptors (Lipinski definition) is 5. The summed E-state index contributed by atoms with van der Waals surface area (Å²) in [5.74, 6) is 0.301. The maximum Gasteiger partial charge on any atom is 0.197 e. The largest absolute Gasteiger partial charge is 0.317 e. The smallest absolute Gasteiger partial charge is 0.197 e. The summed E-state index contributed by atoms with van der Waals surface area (Å²) in [4.78, 5) is 4.13. The molecule has 2 rings (SSSR count). The van der Waals surface area contributed by atoms with Gasteiger partial charge in [0.05, 0.1) is 11.9 Å². The first-order valence-corrected chi connectivity index (χ1v) is 4.93. The number of fused-ring (bicyclic) bond motifs is 1. The van der Waals surface area contributed by atoms with Crippen molar-refractivity contribution in [3.05, 3.63) is 18.1 Å². The lowest BCUT2D eigenvalue weighted by molar-refractivity contribution is 0.503. The van der Waals surface area contributed by atoms with Gasteiger partial charge in [-0.25, -0.2) is 0 Å². The van der Waals surface area contributed by atoms with Crippen molar-refractivity contribution in [3.63, 3.8) is 0 Å². The Labute approximate surface area is 87.7 Å². The summed E-state index contributed by atoms with van der Waals surface area (Å²) in [6, 6.07) is 0.349. The van der Waals surface area contributed by atoms with E-state index in [-0.39, 0.29) is 0 Å². The van der Waals surface area contributed by atoms with Crippen LogP contribution in [0.3, 0.4) is 0 Å². The number of nitrogens with one attached hydrogen (secondary N) is 1. The predicted molar refractivity (Wildman–Crippen MR) is 55.5 cm³/mol. The van der Waals surface area contributed by atoms with Gasteiger partial charge in [-0.2, -0.15) is 4.52 Å². The molecule has 0 aliphatic heterocycles. The summed E-state index contributed by atoms with van der Waals surface area (Å²) in [5, 5.41) is 14.7. The highest BCUT2D eigenvalue weighted by Gasteiger charge is 2.16. The summed E-state index contributed by atoms with van der Waals surface area (Å²) >= 11 is 0. The SMILES string of the molecule is CNC(C)C(C)c1cncc2nnnn12. The zero-order valence-corrected chi connectivity index (χ0v) is 9.05. The van der Waals surface area contributed by atoms with E-state index < -0.39 is 0 Å². The van der Waals surface area contributed by atoms with Crippen LogP contribution in [0.4, 0.5) is 0 Å². The molecule has 2 atom stereocenters. The van der Waals surface area contributed by atoms with Gasteiger partial charge in [-0.05, 0) is 24.4 Å². The maximum atomic E-state index is 4.13. The first kappa shape index (κ1) is 9.97. The van der Waals surface area contributed by atoms with Crippen LogP contribution in [0.15, 0.2) is 12.4 Å². The van der Waals surface area contributed by atoms with Crippen molar-refractivity contribution < 1.29 is 0 Å². The molecule has 0 radical (unpaired) electrons. The highest BCUT2D eigenvalue weighted by Crippen LogP contribution is 2.17. The molecule has 15 heavy (non-hydrogen) atoms. The van der Waals surface area contributed by atoms with E-state index >= 15 is 0 Å². The molecule has 0 aliphatic rings. The summed E-state index contributed by atoms with van der Waals surface area (Å²) in [7, 11) is 1.94. The molecular weight excluding hydrogens is 192 g/mol. The van der Waals surface area contributed by atoms with E-state index in [0.29, 0.717) is 17.6 Å². The molecule has 2 aromatic heterocycles. The van der Waals surface area contributed by atoms with Crippen molar-refractivity contribution in [2.24, 2.45) is 0 Å². The highest BCUT2D eigenvalue weighted by molar-refractivity contribution is 5.33. The Hall–Kier alpha value is -1.56. The predicted octanol–water partition coefficient (Wildman–Crippen LogP) is 0.231. The molecule has 2 heterocycles. The number of hydrogen-bond donors (Lipinski definition) is 1. The van der Waals surface area contributed by atoms with Crippen LogP contribution in [0.25, 0.3) is 5.65 Å². The fourth-order valence-electron chi connectivity index (χ4n) is 1.51. The number of aromatic nitrogens is 5. The summed E-state index contributed by atoms with van der Waals surface area (Å²) in [6.45, 7) is 4.24. The van der Waals surface area contributed by atoms with Gasteiger partial charge >= 0.3 is 0 Å². The molecule has 0 saturated carbocycles. The molecule has 6 heteroatoms. The fourth-order valence-corrected chi connectivity index (χ4v) is 1.51. The third-order valence-electron chi connectivity index (χ3n) is 2.81.